The molecule has 1 aromatic carbocycles. The number of ether oxygens (including phenoxy) is 2. The largest absolute Gasteiger partial charge is 0.463 e. The molecule has 0 bridgehead atoms. The lowest BCUT2D eigenvalue weighted by Crippen LogP contribution is -2.41. The van der Waals surface area contributed by atoms with Crippen molar-refractivity contribution in [2.75, 3.05) is 20.3 Å². The average molecular weight is 358 g/mol. The van der Waals surface area contributed by atoms with E-state index in [2.05, 4.69) is 11.9 Å². The second-order valence-electron chi connectivity index (χ2n) is 5.17. The van der Waals surface area contributed by atoms with E-state index in [9.17, 15) is 9.59 Å². The van der Waals surface area contributed by atoms with Crippen LogP contribution in [0.25, 0.3) is 0 Å². The van der Waals surface area contributed by atoms with Gasteiger partial charge in [0.15, 0.2) is 0 Å². The Kier molecular flexibility index (Phi) is 6.04. The highest BCUT2D eigenvalue weighted by Gasteiger charge is 2.40. The van der Waals surface area contributed by atoms with Crippen LogP contribution in [0, 0.1) is 5.92 Å². The molecule has 0 aromatic heterocycles. The minimum absolute atomic E-state index is 0.100. The summed E-state index contributed by atoms with van der Waals surface area (Å²) in [6.07, 6.45) is 0.100. The van der Waals surface area contributed by atoms with Crippen LogP contribution in [-0.4, -0.2) is 32.2 Å². The molecule has 0 spiro atoms. The van der Waals surface area contributed by atoms with Crippen molar-refractivity contribution in [1.82, 2.24) is 5.32 Å². The molecule has 1 aliphatic heterocycles. The normalized spacial score (nSPS) is 21.0. The Morgan fingerprint density at radius 2 is 2.13 bits per heavy atom. The lowest BCUT2D eigenvalue weighted by Gasteiger charge is -2.32. The Labute approximate surface area is 144 Å². The van der Waals surface area contributed by atoms with Crippen molar-refractivity contribution in [2.24, 2.45) is 5.92 Å². The molecule has 1 saturated heterocycles. The fraction of sp³-hybridized carbons (Fsp3) is 0.375. The fourth-order valence-electron chi connectivity index (χ4n) is 2.59. The molecule has 0 aliphatic carbocycles. The first kappa shape index (κ1) is 17.8. The van der Waals surface area contributed by atoms with Gasteiger partial charge in [-0.1, -0.05) is 41.9 Å². The van der Waals surface area contributed by atoms with E-state index in [0.717, 1.165) is 0 Å². The number of benzene rings is 1. The van der Waals surface area contributed by atoms with Crippen molar-refractivity contribution in [1.29, 1.82) is 0 Å². The Morgan fingerprint density at radius 3 is 2.83 bits per heavy atom. The SMILES string of the molecule is C=C1NC(=O)C[C@H](c2cccc(Cl)c2Cl)[C@H]1C(=O)OCCOC. The second-order valence-corrected chi connectivity index (χ2v) is 5.95. The van der Waals surface area contributed by atoms with Crippen LogP contribution >= 0.6 is 23.2 Å². The highest BCUT2D eigenvalue weighted by atomic mass is 35.5. The zero-order chi connectivity index (χ0) is 17.0. The zero-order valence-electron chi connectivity index (χ0n) is 12.6. The predicted octanol–water partition coefficient (Wildman–Crippen LogP) is 2.92. The Bertz CT molecular complexity index is 633. The quantitative estimate of drug-likeness (QED) is 0.649. The number of hydrogen-bond donors (Lipinski definition) is 1. The van der Waals surface area contributed by atoms with Gasteiger partial charge in [0.1, 0.15) is 12.5 Å². The maximum atomic E-state index is 12.4. The van der Waals surface area contributed by atoms with Crippen molar-refractivity contribution >= 4 is 35.1 Å². The molecule has 1 N–H and O–H groups in total. The van der Waals surface area contributed by atoms with Crippen molar-refractivity contribution < 1.29 is 19.1 Å². The number of nitrogens with one attached hydrogen (secondary N) is 1. The Balaban J connectivity index is 2.31. The minimum atomic E-state index is -0.722. The minimum Gasteiger partial charge on any atom is -0.463 e. The maximum absolute atomic E-state index is 12.4. The molecular weight excluding hydrogens is 341 g/mol. The summed E-state index contributed by atoms with van der Waals surface area (Å²) >= 11 is 12.3. The summed E-state index contributed by atoms with van der Waals surface area (Å²) in [5.74, 6) is -1.90. The Hall–Kier alpha value is -1.56. The van der Waals surface area contributed by atoms with Gasteiger partial charge in [0.2, 0.25) is 5.91 Å². The van der Waals surface area contributed by atoms with Gasteiger partial charge in [0.05, 0.1) is 16.7 Å². The summed E-state index contributed by atoms with van der Waals surface area (Å²) in [4.78, 5) is 24.3. The lowest BCUT2D eigenvalue weighted by molar-refractivity contribution is -0.150. The van der Waals surface area contributed by atoms with Gasteiger partial charge in [-0.3, -0.25) is 9.59 Å². The van der Waals surface area contributed by atoms with E-state index >= 15 is 0 Å². The average Bonchev–Trinajstić information content (AvgIpc) is 2.49. The van der Waals surface area contributed by atoms with Crippen LogP contribution in [0.15, 0.2) is 30.5 Å². The summed E-state index contributed by atoms with van der Waals surface area (Å²) in [5, 5.41) is 3.29. The molecule has 23 heavy (non-hydrogen) atoms. The lowest BCUT2D eigenvalue weighted by atomic mass is 9.79. The third kappa shape index (κ3) is 4.05. The van der Waals surface area contributed by atoms with Crippen LogP contribution < -0.4 is 5.32 Å². The maximum Gasteiger partial charge on any atom is 0.315 e. The number of carbonyl (C=O) groups excluding carboxylic acids is 2. The van der Waals surface area contributed by atoms with Crippen LogP contribution in [0.2, 0.25) is 10.0 Å². The third-order valence-corrected chi connectivity index (χ3v) is 4.48. The second kappa shape index (κ2) is 7.81. The van der Waals surface area contributed by atoms with Crippen molar-refractivity contribution in [3.63, 3.8) is 0 Å². The topological polar surface area (TPSA) is 64.6 Å². The summed E-state index contributed by atoms with van der Waals surface area (Å²) in [6, 6.07) is 5.13. The molecule has 1 fully saturated rings. The first-order valence-electron chi connectivity index (χ1n) is 7.03. The van der Waals surface area contributed by atoms with E-state index in [1.807, 2.05) is 0 Å². The summed E-state index contributed by atoms with van der Waals surface area (Å²) in [6.45, 7) is 4.20. The molecule has 1 aromatic rings. The van der Waals surface area contributed by atoms with Crippen molar-refractivity contribution in [3.05, 3.63) is 46.1 Å². The number of rotatable bonds is 5. The Morgan fingerprint density at radius 1 is 1.39 bits per heavy atom. The molecule has 0 radical (unpaired) electrons. The number of amides is 1. The van der Waals surface area contributed by atoms with Crippen LogP contribution in [0.1, 0.15) is 17.9 Å². The van der Waals surface area contributed by atoms with Gasteiger partial charge in [0.25, 0.3) is 0 Å². The molecule has 0 saturated carbocycles. The van der Waals surface area contributed by atoms with Gasteiger partial charge < -0.3 is 14.8 Å². The smallest absolute Gasteiger partial charge is 0.315 e. The molecule has 124 valence electrons. The van der Waals surface area contributed by atoms with Gasteiger partial charge in [-0.05, 0) is 11.6 Å². The molecule has 1 heterocycles. The van der Waals surface area contributed by atoms with E-state index < -0.39 is 17.8 Å². The molecule has 5 nitrogen and oxygen atoms in total. The van der Waals surface area contributed by atoms with Crippen LogP contribution in [0.4, 0.5) is 0 Å². The van der Waals surface area contributed by atoms with Gasteiger partial charge in [0, 0.05) is 25.1 Å². The first-order chi connectivity index (χ1) is 11.0. The number of methoxy groups -OCH3 is 1. The summed E-state index contributed by atoms with van der Waals surface area (Å²) in [7, 11) is 1.52. The summed E-state index contributed by atoms with van der Waals surface area (Å²) < 4.78 is 10.1. The monoisotopic (exact) mass is 357 g/mol. The molecule has 2 rings (SSSR count). The van der Waals surface area contributed by atoms with E-state index in [1.165, 1.54) is 7.11 Å². The molecular formula is C16H17Cl2NO4. The van der Waals surface area contributed by atoms with Crippen LogP contribution in [0.3, 0.4) is 0 Å². The predicted molar refractivity (Wildman–Crippen MR) is 87.4 cm³/mol. The molecule has 1 amide bonds. The van der Waals surface area contributed by atoms with Gasteiger partial charge in [-0.2, -0.15) is 0 Å². The highest BCUT2D eigenvalue weighted by Crippen LogP contribution is 2.41. The number of esters is 1. The van der Waals surface area contributed by atoms with Crippen LogP contribution in [0.5, 0.6) is 0 Å². The van der Waals surface area contributed by atoms with E-state index in [-0.39, 0.29) is 18.9 Å². The zero-order valence-corrected chi connectivity index (χ0v) is 14.1. The van der Waals surface area contributed by atoms with Gasteiger partial charge in [-0.15, -0.1) is 0 Å². The molecule has 0 unspecified atom stereocenters. The number of carbonyl (C=O) groups is 2. The van der Waals surface area contributed by atoms with Crippen molar-refractivity contribution in [2.45, 2.75) is 12.3 Å². The number of piperidine rings is 1. The van der Waals surface area contributed by atoms with Crippen LogP contribution in [-0.2, 0) is 19.1 Å². The first-order valence-corrected chi connectivity index (χ1v) is 7.79. The van der Waals surface area contributed by atoms with E-state index in [1.54, 1.807) is 18.2 Å². The molecule has 2 atom stereocenters. The van der Waals surface area contributed by atoms with Gasteiger partial charge >= 0.3 is 5.97 Å². The fourth-order valence-corrected chi connectivity index (χ4v) is 3.03. The highest BCUT2D eigenvalue weighted by molar-refractivity contribution is 6.42. The van der Waals surface area contributed by atoms with E-state index in [4.69, 9.17) is 32.7 Å². The van der Waals surface area contributed by atoms with Crippen molar-refractivity contribution in [3.8, 4) is 0 Å². The van der Waals surface area contributed by atoms with E-state index in [0.29, 0.717) is 27.9 Å². The molecule has 1 aliphatic rings. The summed E-state index contributed by atoms with van der Waals surface area (Å²) in [5.41, 5.74) is 0.925. The third-order valence-electron chi connectivity index (χ3n) is 3.65. The molecule has 7 heteroatoms. The number of hydrogen-bond acceptors (Lipinski definition) is 4. The van der Waals surface area contributed by atoms with Gasteiger partial charge in [-0.25, -0.2) is 0 Å². The number of halogens is 2. The standard InChI is InChI=1S/C16H17Cl2NO4/c1-9-14(16(21)23-7-6-22-2)11(8-13(20)19-9)10-4-3-5-12(17)15(10)18/h3-5,11,14H,1,6-8H2,2H3,(H,19,20)/t11-,14+/m1/s1.